The van der Waals surface area contributed by atoms with Crippen molar-refractivity contribution >= 4 is 10.0 Å². The van der Waals surface area contributed by atoms with Gasteiger partial charge in [-0.05, 0) is 44.2 Å². The third kappa shape index (κ3) is 6.52. The van der Waals surface area contributed by atoms with Gasteiger partial charge in [0.2, 0.25) is 10.0 Å². The quantitative estimate of drug-likeness (QED) is 0.653. The van der Waals surface area contributed by atoms with Crippen molar-refractivity contribution in [3.8, 4) is 0 Å². The molecule has 1 aliphatic heterocycles. The van der Waals surface area contributed by atoms with Crippen LogP contribution in [-0.4, -0.2) is 58.4 Å². The zero-order valence-electron chi connectivity index (χ0n) is 13.1. The van der Waals surface area contributed by atoms with E-state index in [1.54, 1.807) is 11.4 Å². The Balaban J connectivity index is 2.39. The highest BCUT2D eigenvalue weighted by atomic mass is 32.2. The number of ether oxygens (including phenoxy) is 1. The van der Waals surface area contributed by atoms with Gasteiger partial charge in [0.1, 0.15) is 0 Å². The van der Waals surface area contributed by atoms with Crippen molar-refractivity contribution in [3.63, 3.8) is 0 Å². The molecule has 0 bridgehead atoms. The zero-order valence-corrected chi connectivity index (χ0v) is 13.9. The van der Waals surface area contributed by atoms with Crippen LogP contribution >= 0.6 is 0 Å². The Morgan fingerprint density at radius 3 is 2.80 bits per heavy atom. The van der Waals surface area contributed by atoms with Gasteiger partial charge < -0.3 is 10.1 Å². The monoisotopic (exact) mass is 306 g/mol. The first-order chi connectivity index (χ1) is 9.45. The summed E-state index contributed by atoms with van der Waals surface area (Å²) in [4.78, 5) is 0. The molecule has 20 heavy (non-hydrogen) atoms. The van der Waals surface area contributed by atoms with E-state index in [0.29, 0.717) is 38.0 Å². The van der Waals surface area contributed by atoms with Crippen LogP contribution in [0.15, 0.2) is 0 Å². The second-order valence-electron chi connectivity index (χ2n) is 6.08. The molecule has 0 aromatic carbocycles. The van der Waals surface area contributed by atoms with Crippen LogP contribution in [0.3, 0.4) is 0 Å². The Kier molecular flexibility index (Phi) is 8.02. The van der Waals surface area contributed by atoms with Gasteiger partial charge >= 0.3 is 0 Å². The number of piperidine rings is 1. The lowest BCUT2D eigenvalue weighted by Gasteiger charge is -2.32. The van der Waals surface area contributed by atoms with Crippen molar-refractivity contribution in [1.29, 1.82) is 0 Å². The average molecular weight is 306 g/mol. The molecule has 1 atom stereocenters. The maximum Gasteiger partial charge on any atom is 0.214 e. The lowest BCUT2D eigenvalue weighted by molar-refractivity contribution is 0.198. The Labute approximate surface area is 124 Å². The van der Waals surface area contributed by atoms with E-state index in [1.807, 2.05) is 0 Å². The molecule has 1 unspecified atom stereocenters. The van der Waals surface area contributed by atoms with E-state index >= 15 is 0 Å². The summed E-state index contributed by atoms with van der Waals surface area (Å²) in [6.07, 6.45) is 2.66. The molecule has 0 spiro atoms. The third-order valence-electron chi connectivity index (χ3n) is 3.61. The normalized spacial score (nSPS) is 21.5. The molecule has 1 aliphatic rings. The summed E-state index contributed by atoms with van der Waals surface area (Å²) < 4.78 is 31.1. The molecule has 120 valence electrons. The van der Waals surface area contributed by atoms with E-state index in [9.17, 15) is 8.42 Å². The van der Waals surface area contributed by atoms with Crippen LogP contribution in [0.2, 0.25) is 0 Å². The van der Waals surface area contributed by atoms with Gasteiger partial charge in [0.05, 0.1) is 5.75 Å². The van der Waals surface area contributed by atoms with E-state index in [2.05, 4.69) is 19.2 Å². The predicted molar refractivity (Wildman–Crippen MR) is 82.3 cm³/mol. The first-order valence-electron chi connectivity index (χ1n) is 7.63. The van der Waals surface area contributed by atoms with E-state index in [4.69, 9.17) is 4.74 Å². The SMILES string of the molecule is COCCCS(=O)(=O)N1CCCC(CNCC(C)C)C1. The summed E-state index contributed by atoms with van der Waals surface area (Å²) in [6, 6.07) is 0. The minimum Gasteiger partial charge on any atom is -0.385 e. The lowest BCUT2D eigenvalue weighted by atomic mass is 9.99. The molecule has 0 saturated carbocycles. The Morgan fingerprint density at radius 1 is 1.40 bits per heavy atom. The molecule has 0 amide bonds. The highest BCUT2D eigenvalue weighted by Crippen LogP contribution is 2.19. The van der Waals surface area contributed by atoms with Crippen LogP contribution < -0.4 is 5.32 Å². The third-order valence-corrected chi connectivity index (χ3v) is 5.53. The lowest BCUT2D eigenvalue weighted by Crippen LogP contribution is -2.44. The van der Waals surface area contributed by atoms with E-state index < -0.39 is 10.0 Å². The van der Waals surface area contributed by atoms with Crippen LogP contribution in [0.1, 0.15) is 33.1 Å². The molecule has 1 heterocycles. The van der Waals surface area contributed by atoms with Crippen LogP contribution in [0.4, 0.5) is 0 Å². The summed E-state index contributed by atoms with van der Waals surface area (Å²) >= 11 is 0. The number of nitrogens with zero attached hydrogens (tertiary/aromatic N) is 1. The van der Waals surface area contributed by atoms with Crippen LogP contribution in [0.5, 0.6) is 0 Å². The highest BCUT2D eigenvalue weighted by molar-refractivity contribution is 7.89. The molecule has 1 saturated heterocycles. The van der Waals surface area contributed by atoms with Gasteiger partial charge in [0, 0.05) is 26.8 Å². The number of sulfonamides is 1. The fraction of sp³-hybridized carbons (Fsp3) is 1.00. The van der Waals surface area contributed by atoms with Crippen molar-refractivity contribution < 1.29 is 13.2 Å². The molecular formula is C14H30N2O3S. The van der Waals surface area contributed by atoms with Crippen LogP contribution in [0.25, 0.3) is 0 Å². The van der Waals surface area contributed by atoms with Crippen molar-refractivity contribution in [2.24, 2.45) is 11.8 Å². The molecule has 6 heteroatoms. The van der Waals surface area contributed by atoms with Crippen molar-refractivity contribution in [2.75, 3.05) is 45.6 Å². The average Bonchev–Trinajstić information content (AvgIpc) is 2.39. The first-order valence-corrected chi connectivity index (χ1v) is 9.24. The van der Waals surface area contributed by atoms with Crippen molar-refractivity contribution in [2.45, 2.75) is 33.1 Å². The van der Waals surface area contributed by atoms with E-state index in [-0.39, 0.29) is 5.75 Å². The number of rotatable bonds is 9. The van der Waals surface area contributed by atoms with E-state index in [1.165, 1.54) is 0 Å². The Hall–Kier alpha value is -0.170. The van der Waals surface area contributed by atoms with Gasteiger partial charge in [-0.3, -0.25) is 0 Å². The van der Waals surface area contributed by atoms with Crippen LogP contribution in [-0.2, 0) is 14.8 Å². The topological polar surface area (TPSA) is 58.6 Å². The standard InChI is InChI=1S/C14H30N2O3S/c1-13(2)10-15-11-14-6-4-7-16(12-14)20(17,18)9-5-8-19-3/h13-15H,4-12H2,1-3H3. The Morgan fingerprint density at radius 2 is 2.15 bits per heavy atom. The van der Waals surface area contributed by atoms with Crippen molar-refractivity contribution in [3.05, 3.63) is 0 Å². The summed E-state index contributed by atoms with van der Waals surface area (Å²) in [5, 5.41) is 3.44. The molecular weight excluding hydrogens is 276 g/mol. The van der Waals surface area contributed by atoms with Gasteiger partial charge in [-0.15, -0.1) is 0 Å². The molecule has 0 aromatic rings. The van der Waals surface area contributed by atoms with Crippen molar-refractivity contribution in [1.82, 2.24) is 9.62 Å². The van der Waals surface area contributed by atoms with Gasteiger partial charge in [-0.1, -0.05) is 13.8 Å². The zero-order chi connectivity index (χ0) is 15.0. The van der Waals surface area contributed by atoms with Gasteiger partial charge in [0.25, 0.3) is 0 Å². The minimum atomic E-state index is -3.10. The largest absolute Gasteiger partial charge is 0.385 e. The summed E-state index contributed by atoms with van der Waals surface area (Å²) in [7, 11) is -1.50. The minimum absolute atomic E-state index is 0.201. The summed E-state index contributed by atoms with van der Waals surface area (Å²) in [6.45, 7) is 8.13. The number of methoxy groups -OCH3 is 1. The van der Waals surface area contributed by atoms with E-state index in [0.717, 1.165) is 25.9 Å². The first kappa shape index (κ1) is 17.9. The summed E-state index contributed by atoms with van der Waals surface area (Å²) in [5.41, 5.74) is 0. The maximum absolute atomic E-state index is 12.2. The summed E-state index contributed by atoms with van der Waals surface area (Å²) in [5.74, 6) is 1.28. The van der Waals surface area contributed by atoms with Crippen LogP contribution in [0, 0.1) is 11.8 Å². The second-order valence-corrected chi connectivity index (χ2v) is 8.17. The number of nitrogens with one attached hydrogen (secondary N) is 1. The molecule has 1 rings (SSSR count). The fourth-order valence-electron chi connectivity index (χ4n) is 2.54. The molecule has 1 N–H and O–H groups in total. The number of hydrogen-bond acceptors (Lipinski definition) is 4. The number of hydrogen-bond donors (Lipinski definition) is 1. The smallest absolute Gasteiger partial charge is 0.214 e. The van der Waals surface area contributed by atoms with Gasteiger partial charge in [-0.2, -0.15) is 0 Å². The Bertz CT molecular complexity index is 357. The predicted octanol–water partition coefficient (Wildman–Crippen LogP) is 1.31. The second kappa shape index (κ2) is 8.97. The molecule has 0 aromatic heterocycles. The highest BCUT2D eigenvalue weighted by Gasteiger charge is 2.28. The van der Waals surface area contributed by atoms with Gasteiger partial charge in [0.15, 0.2) is 0 Å². The fourth-order valence-corrected chi connectivity index (χ4v) is 4.12. The molecule has 0 radical (unpaired) electrons. The molecule has 5 nitrogen and oxygen atoms in total. The van der Waals surface area contributed by atoms with Gasteiger partial charge in [-0.25, -0.2) is 12.7 Å². The maximum atomic E-state index is 12.2. The molecule has 1 fully saturated rings. The molecule has 0 aliphatic carbocycles.